The Balaban J connectivity index is 1.21. The molecule has 6 nitrogen and oxygen atoms in total. The van der Waals surface area contributed by atoms with Crippen LogP contribution < -0.4 is 16.3 Å². The van der Waals surface area contributed by atoms with E-state index in [0.717, 1.165) is 44.7 Å². The molecule has 6 heteroatoms. The standard InChI is InChI=1S/C38H31N5O/c1-42-33-20-18-27(23-34(33)43(2)38(42)44)26-12-8-13-29(21-26)36-39-35(25-10-4-3-5-11-25)40-37(41-36)30-17-19-32-28(22-30)16-15-24-9-6-7-14-31(24)32/h3-23,35,37,40H,1-2H3,(H,39,41). The maximum absolute atomic E-state index is 12.5. The zero-order chi connectivity index (χ0) is 29.8. The smallest absolute Gasteiger partial charge is 0.328 e. The zero-order valence-electron chi connectivity index (χ0n) is 24.5. The molecule has 0 amide bonds. The van der Waals surface area contributed by atoms with E-state index in [1.807, 2.05) is 26.2 Å². The van der Waals surface area contributed by atoms with Gasteiger partial charge in [0, 0.05) is 19.7 Å². The molecule has 0 saturated heterocycles. The molecule has 44 heavy (non-hydrogen) atoms. The van der Waals surface area contributed by atoms with Gasteiger partial charge in [-0.15, -0.1) is 0 Å². The lowest BCUT2D eigenvalue weighted by Gasteiger charge is -2.32. The minimum absolute atomic E-state index is 0.0287. The summed E-state index contributed by atoms with van der Waals surface area (Å²) in [5, 5.41) is 12.3. The van der Waals surface area contributed by atoms with Crippen LogP contribution in [0, 0.1) is 0 Å². The first-order valence-electron chi connectivity index (χ1n) is 14.9. The van der Waals surface area contributed by atoms with Crippen LogP contribution in [0.2, 0.25) is 0 Å². The Hall–Kier alpha value is -5.46. The van der Waals surface area contributed by atoms with Gasteiger partial charge in [-0.1, -0.05) is 103 Å². The summed E-state index contributed by atoms with van der Waals surface area (Å²) in [4.78, 5) is 17.7. The second kappa shape index (κ2) is 10.4. The molecule has 214 valence electrons. The van der Waals surface area contributed by atoms with E-state index in [4.69, 9.17) is 4.99 Å². The number of fused-ring (bicyclic) bond motifs is 4. The topological polar surface area (TPSA) is 63.4 Å². The molecule has 1 aromatic heterocycles. The highest BCUT2D eigenvalue weighted by molar-refractivity contribution is 6.07. The van der Waals surface area contributed by atoms with Gasteiger partial charge >= 0.3 is 5.69 Å². The van der Waals surface area contributed by atoms with E-state index in [1.165, 1.54) is 21.5 Å². The molecule has 0 bridgehead atoms. The van der Waals surface area contributed by atoms with E-state index in [9.17, 15) is 4.79 Å². The van der Waals surface area contributed by atoms with Gasteiger partial charge in [-0.3, -0.25) is 14.5 Å². The van der Waals surface area contributed by atoms with Crippen molar-refractivity contribution in [2.75, 3.05) is 0 Å². The van der Waals surface area contributed by atoms with Gasteiger partial charge in [0.2, 0.25) is 0 Å². The van der Waals surface area contributed by atoms with Crippen molar-refractivity contribution in [3.8, 4) is 11.1 Å². The van der Waals surface area contributed by atoms with Crippen LogP contribution in [0.4, 0.5) is 0 Å². The van der Waals surface area contributed by atoms with Crippen molar-refractivity contribution in [3.05, 3.63) is 155 Å². The molecule has 2 unspecified atom stereocenters. The van der Waals surface area contributed by atoms with Gasteiger partial charge in [-0.05, 0) is 68.1 Å². The molecular weight excluding hydrogens is 542 g/mol. The van der Waals surface area contributed by atoms with Crippen LogP contribution in [0.5, 0.6) is 0 Å². The average molecular weight is 574 g/mol. The number of rotatable bonds is 4. The first-order valence-corrected chi connectivity index (χ1v) is 14.9. The van der Waals surface area contributed by atoms with E-state index < -0.39 is 0 Å². The van der Waals surface area contributed by atoms with Crippen molar-refractivity contribution >= 4 is 38.4 Å². The van der Waals surface area contributed by atoms with Gasteiger partial charge in [0.1, 0.15) is 18.2 Å². The maximum Gasteiger partial charge on any atom is 0.328 e. The molecule has 2 heterocycles. The molecule has 8 rings (SSSR count). The number of aromatic nitrogens is 2. The summed E-state index contributed by atoms with van der Waals surface area (Å²) in [6.45, 7) is 0. The first-order chi connectivity index (χ1) is 21.5. The monoisotopic (exact) mass is 573 g/mol. The summed E-state index contributed by atoms with van der Waals surface area (Å²) in [6.07, 6.45) is -0.369. The third-order valence-electron chi connectivity index (χ3n) is 8.82. The summed E-state index contributed by atoms with van der Waals surface area (Å²) >= 11 is 0. The van der Waals surface area contributed by atoms with E-state index in [0.29, 0.717) is 0 Å². The largest absolute Gasteiger partial charge is 0.350 e. The summed E-state index contributed by atoms with van der Waals surface area (Å²) in [5.74, 6) is 0.830. The lowest BCUT2D eigenvalue weighted by molar-refractivity contribution is 0.409. The van der Waals surface area contributed by atoms with Crippen molar-refractivity contribution in [1.82, 2.24) is 19.8 Å². The SMILES string of the molecule is Cn1c(=O)n(C)c2cc(-c3cccc(C4=NC(c5ccc6c(ccc7ccccc76)c5)NC(c5ccccc5)N4)c3)ccc21. The van der Waals surface area contributed by atoms with Gasteiger partial charge < -0.3 is 5.32 Å². The van der Waals surface area contributed by atoms with E-state index >= 15 is 0 Å². The van der Waals surface area contributed by atoms with Gasteiger partial charge in [-0.2, -0.15) is 0 Å². The van der Waals surface area contributed by atoms with Crippen molar-refractivity contribution in [1.29, 1.82) is 0 Å². The van der Waals surface area contributed by atoms with Gasteiger partial charge in [0.05, 0.1) is 11.0 Å². The van der Waals surface area contributed by atoms with Gasteiger partial charge in [0.25, 0.3) is 0 Å². The fraction of sp³-hybridized carbons (Fsp3) is 0.105. The highest BCUT2D eigenvalue weighted by Gasteiger charge is 2.26. The molecule has 0 spiro atoms. The number of aliphatic imine (C=N–C) groups is 1. The Morgan fingerprint density at radius 1 is 0.591 bits per heavy atom. The Kier molecular flexibility index (Phi) is 6.17. The predicted molar refractivity (Wildman–Crippen MR) is 180 cm³/mol. The number of nitrogens with zero attached hydrogens (tertiary/aromatic N) is 3. The fourth-order valence-electron chi connectivity index (χ4n) is 6.43. The van der Waals surface area contributed by atoms with Crippen molar-refractivity contribution in [2.45, 2.75) is 12.3 Å². The normalized spacial score (nSPS) is 16.7. The van der Waals surface area contributed by atoms with Crippen molar-refractivity contribution < 1.29 is 0 Å². The number of imidazole rings is 1. The van der Waals surface area contributed by atoms with Crippen LogP contribution in [0.1, 0.15) is 29.0 Å². The van der Waals surface area contributed by atoms with Crippen LogP contribution in [-0.2, 0) is 14.1 Å². The molecule has 0 saturated carbocycles. The Morgan fingerprint density at radius 2 is 1.32 bits per heavy atom. The molecule has 6 aromatic carbocycles. The second-order valence-corrected chi connectivity index (χ2v) is 11.5. The Labute approximate surface area is 254 Å². The summed E-state index contributed by atoms with van der Waals surface area (Å²) in [6, 6.07) is 44.6. The Morgan fingerprint density at radius 3 is 2.20 bits per heavy atom. The van der Waals surface area contributed by atoms with Crippen LogP contribution in [0.15, 0.2) is 137 Å². The van der Waals surface area contributed by atoms with E-state index in [-0.39, 0.29) is 18.0 Å². The lowest BCUT2D eigenvalue weighted by atomic mass is 9.98. The highest BCUT2D eigenvalue weighted by atomic mass is 16.1. The second-order valence-electron chi connectivity index (χ2n) is 11.5. The first kappa shape index (κ1) is 26.2. The molecule has 0 fully saturated rings. The number of aryl methyl sites for hydroxylation is 2. The Bertz CT molecular complexity index is 2300. The highest BCUT2D eigenvalue weighted by Crippen LogP contribution is 2.31. The molecule has 1 aliphatic heterocycles. The molecule has 7 aromatic rings. The fourth-order valence-corrected chi connectivity index (χ4v) is 6.43. The average Bonchev–Trinajstić information content (AvgIpc) is 3.31. The van der Waals surface area contributed by atoms with Crippen LogP contribution in [0.25, 0.3) is 43.7 Å². The quantitative estimate of drug-likeness (QED) is 0.219. The number of hydrogen-bond donors (Lipinski definition) is 2. The van der Waals surface area contributed by atoms with Crippen molar-refractivity contribution in [2.24, 2.45) is 19.1 Å². The number of benzene rings is 6. The molecular formula is C38H31N5O. The van der Waals surface area contributed by atoms with E-state index in [1.54, 1.807) is 9.13 Å². The maximum atomic E-state index is 12.5. The summed E-state index contributed by atoms with van der Waals surface area (Å²) in [5.41, 5.74) is 7.16. The summed E-state index contributed by atoms with van der Waals surface area (Å²) < 4.78 is 3.38. The summed E-state index contributed by atoms with van der Waals surface area (Å²) in [7, 11) is 3.63. The third-order valence-corrected chi connectivity index (χ3v) is 8.82. The van der Waals surface area contributed by atoms with Crippen LogP contribution in [-0.4, -0.2) is 15.0 Å². The minimum atomic E-state index is -0.244. The number of amidine groups is 1. The number of nitrogens with one attached hydrogen (secondary N) is 2. The zero-order valence-corrected chi connectivity index (χ0v) is 24.5. The molecule has 0 aliphatic carbocycles. The van der Waals surface area contributed by atoms with Gasteiger partial charge in [0.15, 0.2) is 0 Å². The number of hydrogen-bond acceptors (Lipinski definition) is 4. The lowest BCUT2D eigenvalue weighted by Crippen LogP contribution is -2.44. The van der Waals surface area contributed by atoms with Gasteiger partial charge in [-0.25, -0.2) is 9.79 Å². The predicted octanol–water partition coefficient (Wildman–Crippen LogP) is 7.19. The molecule has 0 radical (unpaired) electrons. The van der Waals surface area contributed by atoms with Crippen LogP contribution >= 0.6 is 0 Å². The molecule has 2 atom stereocenters. The third kappa shape index (κ3) is 4.39. The van der Waals surface area contributed by atoms with Crippen molar-refractivity contribution in [3.63, 3.8) is 0 Å². The minimum Gasteiger partial charge on any atom is -0.350 e. The molecule has 2 N–H and O–H groups in total. The van der Waals surface area contributed by atoms with Crippen LogP contribution in [0.3, 0.4) is 0 Å². The van der Waals surface area contributed by atoms with E-state index in [2.05, 4.69) is 126 Å². The molecule has 1 aliphatic rings.